The highest BCUT2D eigenvalue weighted by Gasteiger charge is 2.54. The number of hydrogen-bond acceptors (Lipinski definition) is 3. The van der Waals surface area contributed by atoms with Crippen LogP contribution < -0.4 is 5.32 Å². The van der Waals surface area contributed by atoms with Gasteiger partial charge in [-0.25, -0.2) is 4.39 Å². The van der Waals surface area contributed by atoms with E-state index in [1.54, 1.807) is 0 Å². The van der Waals surface area contributed by atoms with Crippen LogP contribution in [-0.4, -0.2) is 18.4 Å². The number of rotatable bonds is 5. The highest BCUT2D eigenvalue weighted by molar-refractivity contribution is 6.31. The summed E-state index contributed by atoms with van der Waals surface area (Å²) >= 11 is 5.92. The number of ether oxygens (including phenoxy) is 1. The van der Waals surface area contributed by atoms with Gasteiger partial charge in [-0.1, -0.05) is 17.7 Å². The summed E-state index contributed by atoms with van der Waals surface area (Å²) in [6.45, 7) is -0.176. The van der Waals surface area contributed by atoms with Crippen LogP contribution in [0.25, 0.3) is 0 Å². The molecule has 0 unspecified atom stereocenters. The minimum Gasteiger partial charge on any atom is -0.459 e. The van der Waals surface area contributed by atoms with E-state index in [2.05, 4.69) is 5.32 Å². The Morgan fingerprint density at radius 1 is 1.15 bits per heavy atom. The maximum atomic E-state index is 13.0. The Morgan fingerprint density at radius 3 is 2.35 bits per heavy atom. The minimum atomic E-state index is -0.511. The van der Waals surface area contributed by atoms with Crippen molar-refractivity contribution in [2.75, 3.05) is 6.54 Å². The van der Waals surface area contributed by atoms with E-state index in [0.29, 0.717) is 23.3 Å². The molecule has 0 spiro atoms. The maximum Gasteiger partial charge on any atom is 0.325 e. The highest BCUT2D eigenvalue weighted by atomic mass is 35.5. The molecule has 0 aromatic heterocycles. The van der Waals surface area contributed by atoms with E-state index in [9.17, 15) is 14.0 Å². The molecule has 6 heteroatoms. The summed E-state index contributed by atoms with van der Waals surface area (Å²) < 4.78 is 18.2. The number of nitrogens with one attached hydrogen (secondary N) is 1. The van der Waals surface area contributed by atoms with E-state index in [-0.39, 0.29) is 29.5 Å². The first-order chi connectivity index (χ1) is 12.4. The van der Waals surface area contributed by atoms with Gasteiger partial charge in [-0.3, -0.25) is 9.59 Å². The third kappa shape index (κ3) is 3.46. The number of esters is 1. The topological polar surface area (TPSA) is 55.4 Å². The summed E-state index contributed by atoms with van der Waals surface area (Å²) in [7, 11) is 0. The molecule has 1 aromatic carbocycles. The summed E-state index contributed by atoms with van der Waals surface area (Å²) in [4.78, 5) is 24.8. The van der Waals surface area contributed by atoms with Crippen LogP contribution in [0, 0.1) is 29.0 Å². The fourth-order valence-electron chi connectivity index (χ4n) is 5.58. The molecule has 140 valence electrons. The molecular formula is C20H23ClFNO3. The second-order valence-electron chi connectivity index (χ2n) is 8.28. The molecule has 0 atom stereocenters. The number of hydrogen-bond donors (Lipinski definition) is 1. The molecule has 0 radical (unpaired) electrons. The van der Waals surface area contributed by atoms with Crippen LogP contribution in [-0.2, 0) is 20.9 Å². The van der Waals surface area contributed by atoms with Gasteiger partial charge in [0.25, 0.3) is 0 Å². The van der Waals surface area contributed by atoms with Crippen LogP contribution in [0.1, 0.15) is 44.1 Å². The first-order valence-corrected chi connectivity index (χ1v) is 9.69. The van der Waals surface area contributed by atoms with Gasteiger partial charge in [-0.05, 0) is 68.4 Å². The lowest BCUT2D eigenvalue weighted by molar-refractivity contribution is -0.151. The van der Waals surface area contributed by atoms with E-state index >= 15 is 0 Å². The number of carbonyl (C=O) groups is 2. The second-order valence-corrected chi connectivity index (χ2v) is 8.68. The van der Waals surface area contributed by atoms with Gasteiger partial charge in [0.05, 0.1) is 5.02 Å². The molecule has 4 aliphatic carbocycles. The minimum absolute atomic E-state index is 0.00774. The lowest BCUT2D eigenvalue weighted by Crippen LogP contribution is -2.54. The predicted molar refractivity (Wildman–Crippen MR) is 94.8 cm³/mol. The quantitative estimate of drug-likeness (QED) is 0.790. The largest absolute Gasteiger partial charge is 0.459 e. The Balaban J connectivity index is 1.28. The Kier molecular flexibility index (Phi) is 4.68. The Labute approximate surface area is 157 Å². The third-order valence-corrected chi connectivity index (χ3v) is 6.67. The fraction of sp³-hybridized carbons (Fsp3) is 0.600. The van der Waals surface area contributed by atoms with Crippen molar-refractivity contribution in [1.29, 1.82) is 0 Å². The summed E-state index contributed by atoms with van der Waals surface area (Å²) in [5, 5.41) is 3.01. The smallest absolute Gasteiger partial charge is 0.325 e. The van der Waals surface area contributed by atoms with Crippen molar-refractivity contribution >= 4 is 23.5 Å². The van der Waals surface area contributed by atoms with Gasteiger partial charge in [0.15, 0.2) is 0 Å². The average Bonchev–Trinajstić information content (AvgIpc) is 2.57. The normalized spacial score (nSPS) is 31.7. The Hall–Kier alpha value is -1.62. The van der Waals surface area contributed by atoms with Gasteiger partial charge in [-0.2, -0.15) is 0 Å². The van der Waals surface area contributed by atoms with Crippen molar-refractivity contribution in [1.82, 2.24) is 5.32 Å². The number of benzene rings is 1. The molecule has 1 N–H and O–H groups in total. The van der Waals surface area contributed by atoms with Crippen molar-refractivity contribution in [3.8, 4) is 0 Å². The van der Waals surface area contributed by atoms with E-state index in [4.69, 9.17) is 16.3 Å². The van der Waals surface area contributed by atoms with Crippen molar-refractivity contribution in [2.24, 2.45) is 23.2 Å². The molecule has 0 saturated heterocycles. The van der Waals surface area contributed by atoms with Gasteiger partial charge in [0.2, 0.25) is 5.91 Å². The first-order valence-electron chi connectivity index (χ1n) is 9.31. The fourth-order valence-corrected chi connectivity index (χ4v) is 5.80. The number of carbonyl (C=O) groups excluding carboxylic acids is 2. The maximum absolute atomic E-state index is 13.0. The zero-order valence-corrected chi connectivity index (χ0v) is 15.4. The summed E-state index contributed by atoms with van der Waals surface area (Å²) in [5.41, 5.74) is 0.267. The van der Waals surface area contributed by atoms with Crippen LogP contribution in [0.5, 0.6) is 0 Å². The van der Waals surface area contributed by atoms with Crippen molar-refractivity contribution in [3.63, 3.8) is 0 Å². The van der Waals surface area contributed by atoms with Gasteiger partial charge in [0, 0.05) is 11.0 Å². The van der Waals surface area contributed by atoms with E-state index in [0.717, 1.165) is 19.3 Å². The van der Waals surface area contributed by atoms with Crippen molar-refractivity contribution < 1.29 is 18.7 Å². The highest BCUT2D eigenvalue weighted by Crippen LogP contribution is 2.60. The van der Waals surface area contributed by atoms with Crippen LogP contribution >= 0.6 is 11.6 Å². The predicted octanol–water partition coefficient (Wildman–Crippen LogP) is 3.85. The van der Waals surface area contributed by atoms with Crippen molar-refractivity contribution in [3.05, 3.63) is 34.6 Å². The second kappa shape index (κ2) is 6.84. The zero-order valence-electron chi connectivity index (χ0n) is 14.6. The van der Waals surface area contributed by atoms with Gasteiger partial charge >= 0.3 is 5.97 Å². The Morgan fingerprint density at radius 2 is 1.77 bits per heavy atom. The monoisotopic (exact) mass is 379 g/mol. The molecule has 4 aliphatic rings. The van der Waals surface area contributed by atoms with Gasteiger partial charge in [0.1, 0.15) is 19.0 Å². The summed E-state index contributed by atoms with van der Waals surface area (Å²) in [6, 6.07) is 3.93. The molecule has 5 rings (SSSR count). The lowest BCUT2D eigenvalue weighted by Gasteiger charge is -2.55. The molecular weight excluding hydrogens is 357 g/mol. The zero-order chi connectivity index (χ0) is 18.3. The standard InChI is InChI=1S/C20H23ClFNO3/c21-17-6-16(22)2-1-15(17)11-26-18(24)10-23-19(25)20-7-12-3-13(8-20)5-14(4-12)9-20/h1-2,6,12-14H,3-5,7-11H2,(H,23,25). The van der Waals surface area contributed by atoms with Crippen LogP contribution in [0.2, 0.25) is 5.02 Å². The molecule has 0 aliphatic heterocycles. The summed E-state index contributed by atoms with van der Waals surface area (Å²) in [5.74, 6) is 1.10. The van der Waals surface area contributed by atoms with Crippen LogP contribution in [0.4, 0.5) is 4.39 Å². The molecule has 4 nitrogen and oxygen atoms in total. The number of halogens is 2. The summed E-state index contributed by atoms with van der Waals surface area (Å²) in [6.07, 6.45) is 6.70. The first kappa shape index (κ1) is 17.8. The van der Waals surface area contributed by atoms with Crippen LogP contribution in [0.15, 0.2) is 18.2 Å². The van der Waals surface area contributed by atoms with Gasteiger partial charge < -0.3 is 10.1 Å². The van der Waals surface area contributed by atoms with E-state index in [1.807, 2.05) is 0 Å². The number of amides is 1. The molecule has 26 heavy (non-hydrogen) atoms. The van der Waals surface area contributed by atoms with E-state index < -0.39 is 11.8 Å². The lowest BCUT2D eigenvalue weighted by atomic mass is 9.49. The molecule has 1 aromatic rings. The molecule has 1 amide bonds. The molecule has 4 bridgehead atoms. The van der Waals surface area contributed by atoms with Crippen LogP contribution in [0.3, 0.4) is 0 Å². The average molecular weight is 380 g/mol. The SMILES string of the molecule is O=C(CNC(=O)C12CC3CC(CC(C3)C1)C2)OCc1ccc(F)cc1Cl. The molecule has 0 heterocycles. The van der Waals surface area contributed by atoms with Crippen molar-refractivity contribution in [2.45, 2.75) is 45.1 Å². The van der Waals surface area contributed by atoms with E-state index in [1.165, 1.54) is 37.5 Å². The molecule has 4 fully saturated rings. The molecule has 4 saturated carbocycles. The third-order valence-electron chi connectivity index (χ3n) is 6.32. The Bertz CT molecular complexity index is 700. The van der Waals surface area contributed by atoms with Gasteiger partial charge in [-0.15, -0.1) is 0 Å².